The number of pyridine rings is 1. The van der Waals surface area contributed by atoms with Crippen LogP contribution in [-0.4, -0.2) is 41.0 Å². The highest BCUT2D eigenvalue weighted by molar-refractivity contribution is 6.32. The van der Waals surface area contributed by atoms with E-state index in [1.165, 1.54) is 12.1 Å². The maximum atomic E-state index is 12.7. The number of carbonyl (C=O) groups excluding carboxylic acids is 2. The summed E-state index contributed by atoms with van der Waals surface area (Å²) in [5.74, 6) is -0.0332. The van der Waals surface area contributed by atoms with Gasteiger partial charge in [0.15, 0.2) is 0 Å². The predicted molar refractivity (Wildman–Crippen MR) is 128 cm³/mol. The van der Waals surface area contributed by atoms with E-state index in [4.69, 9.17) is 11.6 Å². The molecule has 2 aromatic rings. The molecule has 0 bridgehead atoms. The van der Waals surface area contributed by atoms with Gasteiger partial charge in [-0.25, -0.2) is 4.79 Å². The first-order valence-electron chi connectivity index (χ1n) is 11.6. The molecule has 1 aromatic heterocycles. The quantitative estimate of drug-likeness (QED) is 0.548. The van der Waals surface area contributed by atoms with Crippen LogP contribution in [0.3, 0.4) is 0 Å². The van der Waals surface area contributed by atoms with Crippen LogP contribution < -0.4 is 10.6 Å². The summed E-state index contributed by atoms with van der Waals surface area (Å²) < 4.78 is 38.1. The summed E-state index contributed by atoms with van der Waals surface area (Å²) in [6, 6.07) is 5.93. The van der Waals surface area contributed by atoms with E-state index in [1.54, 1.807) is 17.2 Å². The van der Waals surface area contributed by atoms with Gasteiger partial charge in [-0.15, -0.1) is 0 Å². The molecule has 35 heavy (non-hydrogen) atoms. The minimum atomic E-state index is -4.42. The number of aromatic nitrogens is 1. The Hall–Kier alpha value is -3.07. The number of benzene rings is 1. The monoisotopic (exact) mass is 506 g/mol. The van der Waals surface area contributed by atoms with Crippen molar-refractivity contribution >= 4 is 34.8 Å². The number of nitrogens with zero attached hydrogens (tertiary/aromatic N) is 2. The highest BCUT2D eigenvalue weighted by Gasteiger charge is 2.30. The van der Waals surface area contributed by atoms with Crippen molar-refractivity contribution in [3.63, 3.8) is 0 Å². The average molecular weight is 507 g/mol. The standard InChI is InChI=1S/C25H26ClF3N4O2/c26-21-13-16(14-22(34)31-19-3-1-2-4-19)15-30-23(21)17-9-11-33(12-10-17)24(35)32-20-7-5-18(6-8-20)25(27,28)29/h5-9,13,15,19H,1-4,10-12,14H2,(H,31,34)(H,32,35). The van der Waals surface area contributed by atoms with Gasteiger partial charge in [0.2, 0.25) is 5.91 Å². The third-order valence-corrected chi connectivity index (χ3v) is 6.53. The van der Waals surface area contributed by atoms with Crippen LogP contribution in [0.15, 0.2) is 42.6 Å². The van der Waals surface area contributed by atoms with Crippen LogP contribution in [0.1, 0.15) is 48.9 Å². The fourth-order valence-corrected chi connectivity index (χ4v) is 4.67. The second-order valence-electron chi connectivity index (χ2n) is 8.83. The van der Waals surface area contributed by atoms with Gasteiger partial charge in [0.25, 0.3) is 0 Å². The number of rotatable bonds is 5. The topological polar surface area (TPSA) is 74.3 Å². The van der Waals surface area contributed by atoms with Gasteiger partial charge in [0.05, 0.1) is 22.7 Å². The normalized spacial score (nSPS) is 16.7. The van der Waals surface area contributed by atoms with Gasteiger partial charge in [-0.05, 0) is 60.7 Å². The minimum absolute atomic E-state index is 0.0332. The lowest BCUT2D eigenvalue weighted by Gasteiger charge is -2.27. The van der Waals surface area contributed by atoms with E-state index in [-0.39, 0.29) is 24.1 Å². The largest absolute Gasteiger partial charge is 0.416 e. The Balaban J connectivity index is 1.32. The van der Waals surface area contributed by atoms with E-state index in [1.807, 2.05) is 6.08 Å². The van der Waals surface area contributed by atoms with Gasteiger partial charge >= 0.3 is 12.2 Å². The number of urea groups is 1. The fourth-order valence-electron chi connectivity index (χ4n) is 4.36. The Morgan fingerprint density at radius 1 is 1.14 bits per heavy atom. The van der Waals surface area contributed by atoms with Gasteiger partial charge in [-0.3, -0.25) is 9.78 Å². The van der Waals surface area contributed by atoms with Crippen LogP contribution in [0.5, 0.6) is 0 Å². The summed E-state index contributed by atoms with van der Waals surface area (Å²) in [5, 5.41) is 6.12. The first kappa shape index (κ1) is 25.0. The van der Waals surface area contributed by atoms with E-state index in [9.17, 15) is 22.8 Å². The lowest BCUT2D eigenvalue weighted by atomic mass is 10.0. The molecule has 10 heteroatoms. The van der Waals surface area contributed by atoms with Crippen molar-refractivity contribution in [1.82, 2.24) is 15.2 Å². The molecule has 1 fully saturated rings. The molecule has 186 valence electrons. The van der Waals surface area contributed by atoms with E-state index in [0.29, 0.717) is 30.2 Å². The molecular weight excluding hydrogens is 481 g/mol. The Morgan fingerprint density at radius 3 is 2.46 bits per heavy atom. The zero-order chi connectivity index (χ0) is 25.0. The second-order valence-corrected chi connectivity index (χ2v) is 9.24. The van der Waals surface area contributed by atoms with Crippen molar-refractivity contribution in [3.8, 4) is 0 Å². The highest BCUT2D eigenvalue weighted by Crippen LogP contribution is 2.30. The first-order chi connectivity index (χ1) is 16.7. The Labute approximate surface area is 206 Å². The molecule has 4 rings (SSSR count). The van der Waals surface area contributed by atoms with Crippen molar-refractivity contribution in [1.29, 1.82) is 0 Å². The predicted octanol–water partition coefficient (Wildman–Crippen LogP) is 5.68. The van der Waals surface area contributed by atoms with Crippen molar-refractivity contribution in [2.75, 3.05) is 18.4 Å². The van der Waals surface area contributed by atoms with Crippen molar-refractivity contribution < 1.29 is 22.8 Å². The van der Waals surface area contributed by atoms with E-state index in [0.717, 1.165) is 49.0 Å². The van der Waals surface area contributed by atoms with Gasteiger partial charge in [-0.2, -0.15) is 13.2 Å². The smallest absolute Gasteiger partial charge is 0.353 e. The molecule has 0 saturated heterocycles. The molecule has 2 heterocycles. The van der Waals surface area contributed by atoms with Crippen LogP contribution in [0.4, 0.5) is 23.7 Å². The van der Waals surface area contributed by atoms with Crippen LogP contribution in [-0.2, 0) is 17.4 Å². The second kappa shape index (κ2) is 10.7. The molecule has 1 aromatic carbocycles. The number of amides is 3. The number of hydrogen-bond donors (Lipinski definition) is 2. The summed E-state index contributed by atoms with van der Waals surface area (Å²) in [4.78, 5) is 30.8. The van der Waals surface area contributed by atoms with Crippen LogP contribution >= 0.6 is 11.6 Å². The molecule has 2 N–H and O–H groups in total. The average Bonchev–Trinajstić information content (AvgIpc) is 3.32. The van der Waals surface area contributed by atoms with E-state index in [2.05, 4.69) is 15.6 Å². The number of hydrogen-bond acceptors (Lipinski definition) is 3. The van der Waals surface area contributed by atoms with E-state index < -0.39 is 17.8 Å². The van der Waals surface area contributed by atoms with Gasteiger partial charge < -0.3 is 15.5 Å². The van der Waals surface area contributed by atoms with Crippen LogP contribution in [0.25, 0.3) is 5.57 Å². The number of alkyl halides is 3. The Morgan fingerprint density at radius 2 is 1.86 bits per heavy atom. The van der Waals surface area contributed by atoms with E-state index >= 15 is 0 Å². The van der Waals surface area contributed by atoms with Gasteiger partial charge in [0, 0.05) is 31.0 Å². The number of anilines is 1. The molecule has 0 atom stereocenters. The third-order valence-electron chi connectivity index (χ3n) is 6.25. The van der Waals surface area contributed by atoms with Gasteiger partial charge in [0.1, 0.15) is 0 Å². The van der Waals surface area contributed by atoms with Crippen LogP contribution in [0, 0.1) is 0 Å². The molecule has 3 amide bonds. The fraction of sp³-hybridized carbons (Fsp3) is 0.400. The molecule has 1 aliphatic carbocycles. The molecule has 2 aliphatic rings. The number of halogens is 4. The lowest BCUT2D eigenvalue weighted by Crippen LogP contribution is -2.38. The summed E-state index contributed by atoms with van der Waals surface area (Å²) in [6.45, 7) is 0.715. The van der Waals surface area contributed by atoms with Crippen molar-refractivity contribution in [2.45, 2.75) is 50.7 Å². The molecule has 6 nitrogen and oxygen atoms in total. The zero-order valence-corrected chi connectivity index (χ0v) is 19.8. The molecular formula is C25H26ClF3N4O2. The summed E-state index contributed by atoms with van der Waals surface area (Å²) in [6.07, 6.45) is 4.18. The molecule has 0 radical (unpaired) electrons. The SMILES string of the molecule is O=C(Cc1cnc(C2=CCN(C(=O)Nc3ccc(C(F)(F)F)cc3)CC2)c(Cl)c1)NC1CCCC1. The molecule has 0 unspecified atom stereocenters. The number of nitrogens with one attached hydrogen (secondary N) is 2. The summed E-state index contributed by atoms with van der Waals surface area (Å²) in [5.41, 5.74) is 1.77. The van der Waals surface area contributed by atoms with Crippen LogP contribution in [0.2, 0.25) is 5.02 Å². The zero-order valence-electron chi connectivity index (χ0n) is 19.0. The summed E-state index contributed by atoms with van der Waals surface area (Å²) >= 11 is 6.46. The molecule has 1 aliphatic heterocycles. The Kier molecular flexibility index (Phi) is 7.64. The summed E-state index contributed by atoms with van der Waals surface area (Å²) in [7, 11) is 0. The maximum absolute atomic E-state index is 12.7. The van der Waals surface area contributed by atoms with Crippen molar-refractivity contribution in [3.05, 3.63) is 64.4 Å². The minimum Gasteiger partial charge on any atom is -0.353 e. The highest BCUT2D eigenvalue weighted by atomic mass is 35.5. The molecule has 1 saturated carbocycles. The maximum Gasteiger partial charge on any atom is 0.416 e. The first-order valence-corrected chi connectivity index (χ1v) is 11.9. The van der Waals surface area contributed by atoms with Gasteiger partial charge in [-0.1, -0.05) is 30.5 Å². The molecule has 0 spiro atoms. The third kappa shape index (κ3) is 6.54. The Bertz CT molecular complexity index is 1110. The number of carbonyl (C=O) groups is 2. The van der Waals surface area contributed by atoms with Crippen molar-refractivity contribution in [2.24, 2.45) is 0 Å². The lowest BCUT2D eigenvalue weighted by molar-refractivity contribution is -0.137.